The molecule has 186 valence electrons. The van der Waals surface area contributed by atoms with Crippen LogP contribution in [0.5, 0.6) is 0 Å². The molecule has 3 saturated heterocycles. The molecular formula is C26H57N5. The monoisotopic (exact) mass is 439 g/mol. The number of likely N-dealkylation sites (N-methyl/N-ethyl adjacent to an activating group) is 2. The summed E-state index contributed by atoms with van der Waals surface area (Å²) in [7, 11) is 4.39. The first kappa shape index (κ1) is 28.8. The molecule has 0 atom stereocenters. The first-order chi connectivity index (χ1) is 14.1. The van der Waals surface area contributed by atoms with E-state index < -0.39 is 0 Å². The van der Waals surface area contributed by atoms with Gasteiger partial charge in [0.25, 0.3) is 0 Å². The van der Waals surface area contributed by atoms with Crippen LogP contribution in [-0.2, 0) is 0 Å². The van der Waals surface area contributed by atoms with Crippen molar-refractivity contribution in [2.75, 3.05) is 79.5 Å². The molecule has 3 aliphatic rings. The molecule has 0 bridgehead atoms. The number of hydrogen-bond donors (Lipinski definition) is 0. The Labute approximate surface area is 196 Å². The maximum Gasteiger partial charge on any atom is 0.0126 e. The van der Waals surface area contributed by atoms with Crippen LogP contribution in [0, 0.1) is 0 Å². The van der Waals surface area contributed by atoms with E-state index in [0.717, 1.165) is 0 Å². The van der Waals surface area contributed by atoms with Gasteiger partial charge in [-0.25, -0.2) is 0 Å². The summed E-state index contributed by atoms with van der Waals surface area (Å²) in [5, 5.41) is 0. The van der Waals surface area contributed by atoms with E-state index in [1.165, 1.54) is 78.3 Å². The van der Waals surface area contributed by atoms with Crippen LogP contribution in [0.25, 0.3) is 0 Å². The standard InChI is InChI=1S/2C9H20N2.C8H17N/c2*1-9(2,3)11-7-5-10(4)6-8-11;1-8(2,3)9-6-4-5-7-9/h2*5-8H2,1-4H3;4-7H2,1-3H3. The lowest BCUT2D eigenvalue weighted by Crippen LogP contribution is -2.52. The molecule has 0 aliphatic carbocycles. The van der Waals surface area contributed by atoms with Crippen molar-refractivity contribution in [3.05, 3.63) is 0 Å². The first-order valence-electron chi connectivity index (χ1n) is 12.7. The largest absolute Gasteiger partial charge is 0.304 e. The number of likely N-dealkylation sites (tertiary alicyclic amines) is 1. The molecule has 31 heavy (non-hydrogen) atoms. The zero-order valence-electron chi connectivity index (χ0n) is 23.2. The second-order valence-electron chi connectivity index (χ2n) is 12.8. The molecule has 5 nitrogen and oxygen atoms in total. The summed E-state index contributed by atoms with van der Waals surface area (Å²) in [4.78, 5) is 12.4. The highest BCUT2D eigenvalue weighted by atomic mass is 15.3. The second-order valence-corrected chi connectivity index (χ2v) is 12.8. The number of piperazine rings is 2. The van der Waals surface area contributed by atoms with Crippen LogP contribution in [0.15, 0.2) is 0 Å². The van der Waals surface area contributed by atoms with Crippen molar-refractivity contribution in [2.24, 2.45) is 0 Å². The van der Waals surface area contributed by atoms with E-state index in [9.17, 15) is 0 Å². The zero-order valence-corrected chi connectivity index (χ0v) is 23.2. The number of nitrogens with zero attached hydrogens (tertiary/aromatic N) is 5. The summed E-state index contributed by atoms with van der Waals surface area (Å²) in [6.45, 7) is 33.0. The molecule has 3 heterocycles. The second kappa shape index (κ2) is 12.3. The fourth-order valence-electron chi connectivity index (χ4n) is 4.34. The van der Waals surface area contributed by atoms with Crippen LogP contribution in [0.2, 0.25) is 0 Å². The summed E-state index contributed by atoms with van der Waals surface area (Å²) in [6, 6.07) is 0. The van der Waals surface area contributed by atoms with Crippen molar-refractivity contribution in [1.29, 1.82) is 0 Å². The summed E-state index contributed by atoms with van der Waals surface area (Å²) in [6.07, 6.45) is 2.80. The smallest absolute Gasteiger partial charge is 0.0126 e. The first-order valence-corrected chi connectivity index (χ1v) is 12.7. The van der Waals surface area contributed by atoms with Crippen molar-refractivity contribution in [1.82, 2.24) is 24.5 Å². The topological polar surface area (TPSA) is 16.2 Å². The van der Waals surface area contributed by atoms with Crippen LogP contribution in [-0.4, -0.2) is 121 Å². The van der Waals surface area contributed by atoms with Crippen molar-refractivity contribution >= 4 is 0 Å². The highest BCUT2D eigenvalue weighted by molar-refractivity contribution is 4.82. The molecule has 0 N–H and O–H groups in total. The lowest BCUT2D eigenvalue weighted by molar-refractivity contribution is 0.0734. The van der Waals surface area contributed by atoms with Gasteiger partial charge in [0.1, 0.15) is 0 Å². The molecule has 5 heteroatoms. The highest BCUT2D eigenvalue weighted by Crippen LogP contribution is 2.19. The minimum absolute atomic E-state index is 0.362. The van der Waals surface area contributed by atoms with Gasteiger partial charge >= 0.3 is 0 Å². The number of hydrogen-bond acceptors (Lipinski definition) is 5. The van der Waals surface area contributed by atoms with Crippen LogP contribution < -0.4 is 0 Å². The minimum Gasteiger partial charge on any atom is -0.304 e. The van der Waals surface area contributed by atoms with Gasteiger partial charge in [0.15, 0.2) is 0 Å². The molecular weight excluding hydrogens is 382 g/mol. The van der Waals surface area contributed by atoms with Crippen LogP contribution >= 0.6 is 0 Å². The molecule has 3 fully saturated rings. The molecule has 3 aliphatic heterocycles. The minimum atomic E-state index is 0.362. The Morgan fingerprint density at radius 1 is 0.355 bits per heavy atom. The Hall–Kier alpha value is -0.200. The summed E-state index contributed by atoms with van der Waals surface area (Å²) in [5.74, 6) is 0. The van der Waals surface area contributed by atoms with Crippen LogP contribution in [0.1, 0.15) is 75.2 Å². The molecule has 0 aromatic carbocycles. The Balaban J connectivity index is 0.000000234. The Morgan fingerprint density at radius 2 is 0.581 bits per heavy atom. The zero-order chi connectivity index (χ0) is 23.9. The molecule has 0 amide bonds. The third-order valence-electron chi connectivity index (χ3n) is 6.96. The Bertz CT molecular complexity index is 431. The fraction of sp³-hybridized carbons (Fsp3) is 1.00. The van der Waals surface area contributed by atoms with E-state index in [-0.39, 0.29) is 0 Å². The third-order valence-corrected chi connectivity index (χ3v) is 6.96. The SMILES string of the molecule is CC(C)(C)N1CCCC1.CN1CCN(C(C)(C)C)CC1.CN1CCN(C(C)(C)C)CC1. The molecule has 0 radical (unpaired) electrons. The van der Waals surface area contributed by atoms with E-state index in [4.69, 9.17) is 0 Å². The summed E-state index contributed by atoms with van der Waals surface area (Å²) >= 11 is 0. The summed E-state index contributed by atoms with van der Waals surface area (Å²) in [5.41, 5.74) is 1.14. The van der Waals surface area contributed by atoms with Crippen molar-refractivity contribution in [3.8, 4) is 0 Å². The van der Waals surface area contributed by atoms with E-state index in [0.29, 0.717) is 16.6 Å². The molecule has 3 rings (SSSR count). The summed E-state index contributed by atoms with van der Waals surface area (Å²) < 4.78 is 0. The molecule has 0 aromatic heterocycles. The molecule has 0 saturated carbocycles. The van der Waals surface area contributed by atoms with E-state index in [1.54, 1.807) is 0 Å². The van der Waals surface area contributed by atoms with E-state index in [2.05, 4.69) is 101 Å². The van der Waals surface area contributed by atoms with Gasteiger partial charge in [0.2, 0.25) is 0 Å². The molecule has 0 unspecified atom stereocenters. The quantitative estimate of drug-likeness (QED) is 0.566. The van der Waals surface area contributed by atoms with E-state index in [1.807, 2.05) is 0 Å². The maximum atomic E-state index is 2.55. The van der Waals surface area contributed by atoms with Gasteiger partial charge in [-0.2, -0.15) is 0 Å². The average molecular weight is 440 g/mol. The Kier molecular flexibility index (Phi) is 11.5. The van der Waals surface area contributed by atoms with Crippen LogP contribution in [0.4, 0.5) is 0 Å². The van der Waals surface area contributed by atoms with Gasteiger partial charge in [-0.15, -0.1) is 0 Å². The Morgan fingerprint density at radius 3 is 0.774 bits per heavy atom. The average Bonchev–Trinajstić information content (AvgIpc) is 3.17. The van der Waals surface area contributed by atoms with Gasteiger partial charge in [0, 0.05) is 69.0 Å². The van der Waals surface area contributed by atoms with Gasteiger partial charge in [-0.3, -0.25) is 14.7 Å². The van der Waals surface area contributed by atoms with Gasteiger partial charge < -0.3 is 9.80 Å². The van der Waals surface area contributed by atoms with Crippen LogP contribution in [0.3, 0.4) is 0 Å². The highest BCUT2D eigenvalue weighted by Gasteiger charge is 2.25. The third kappa shape index (κ3) is 11.5. The van der Waals surface area contributed by atoms with Gasteiger partial charge in [-0.05, 0) is 102 Å². The lowest BCUT2D eigenvalue weighted by atomic mass is 10.1. The van der Waals surface area contributed by atoms with Gasteiger partial charge in [-0.1, -0.05) is 0 Å². The maximum absolute atomic E-state index is 2.55. The predicted octanol–water partition coefficient (Wildman–Crippen LogP) is 3.95. The van der Waals surface area contributed by atoms with Gasteiger partial charge in [0.05, 0.1) is 0 Å². The predicted molar refractivity (Wildman–Crippen MR) is 138 cm³/mol. The van der Waals surface area contributed by atoms with E-state index >= 15 is 0 Å². The van der Waals surface area contributed by atoms with Crippen molar-refractivity contribution in [3.63, 3.8) is 0 Å². The van der Waals surface area contributed by atoms with Crippen molar-refractivity contribution in [2.45, 2.75) is 91.8 Å². The van der Waals surface area contributed by atoms with Crippen molar-refractivity contribution < 1.29 is 0 Å². The normalized spacial score (nSPS) is 23.7. The number of rotatable bonds is 0. The molecule has 0 aromatic rings. The molecule has 0 spiro atoms. The fourth-order valence-corrected chi connectivity index (χ4v) is 4.34. The lowest BCUT2D eigenvalue weighted by Gasteiger charge is -2.41.